The summed E-state index contributed by atoms with van der Waals surface area (Å²) in [5, 5.41) is 4.69. The molecule has 0 radical (unpaired) electrons. The number of hydrogen-bond acceptors (Lipinski definition) is 1. The molecule has 0 saturated heterocycles. The van der Waals surface area contributed by atoms with Crippen LogP contribution >= 0.6 is 11.6 Å². The highest BCUT2D eigenvalue weighted by Crippen LogP contribution is 2.47. The second-order valence-electron chi connectivity index (χ2n) is 7.28. The van der Waals surface area contributed by atoms with Crippen LogP contribution in [-0.4, -0.2) is 6.54 Å². The first-order valence-electron chi connectivity index (χ1n) is 8.45. The maximum absolute atomic E-state index is 6.37. The Morgan fingerprint density at radius 3 is 2.71 bits per heavy atom. The maximum Gasteiger partial charge on any atom is 0.0438 e. The highest BCUT2D eigenvalue weighted by molar-refractivity contribution is 6.31. The summed E-state index contributed by atoms with van der Waals surface area (Å²) in [6.07, 6.45) is 6.56. The van der Waals surface area contributed by atoms with Crippen molar-refractivity contribution in [3.8, 4) is 0 Å². The predicted molar refractivity (Wildman–Crippen MR) is 93.0 cm³/mol. The molecule has 1 aliphatic carbocycles. The van der Waals surface area contributed by atoms with E-state index in [0.717, 1.165) is 17.1 Å². The zero-order valence-corrected chi connectivity index (χ0v) is 14.8. The van der Waals surface area contributed by atoms with Gasteiger partial charge in [-0.15, -0.1) is 0 Å². The molecule has 1 saturated carbocycles. The van der Waals surface area contributed by atoms with Crippen LogP contribution in [-0.2, 0) is 0 Å². The maximum atomic E-state index is 6.37. The highest BCUT2D eigenvalue weighted by atomic mass is 35.5. The molecule has 0 amide bonds. The molecule has 0 aromatic heterocycles. The van der Waals surface area contributed by atoms with Gasteiger partial charge in [-0.25, -0.2) is 0 Å². The molecule has 1 N–H and O–H groups in total. The van der Waals surface area contributed by atoms with E-state index < -0.39 is 0 Å². The summed E-state index contributed by atoms with van der Waals surface area (Å²) < 4.78 is 0. The van der Waals surface area contributed by atoms with Crippen LogP contribution in [0.4, 0.5) is 0 Å². The monoisotopic (exact) mass is 307 g/mol. The van der Waals surface area contributed by atoms with Crippen molar-refractivity contribution in [1.29, 1.82) is 0 Å². The summed E-state index contributed by atoms with van der Waals surface area (Å²) >= 11 is 6.37. The molecule has 2 rings (SSSR count). The van der Waals surface area contributed by atoms with Crippen LogP contribution in [0.2, 0.25) is 5.02 Å². The number of benzene rings is 1. The molecule has 0 aliphatic heterocycles. The summed E-state index contributed by atoms with van der Waals surface area (Å²) in [6.45, 7) is 10.3. The molecule has 0 heterocycles. The normalized spacial score (nSPS) is 23.0. The van der Waals surface area contributed by atoms with Crippen molar-refractivity contribution in [2.45, 2.75) is 65.8 Å². The molecule has 1 fully saturated rings. The quantitative estimate of drug-likeness (QED) is 0.713. The van der Waals surface area contributed by atoms with E-state index >= 15 is 0 Å². The van der Waals surface area contributed by atoms with Crippen molar-refractivity contribution < 1.29 is 0 Å². The lowest BCUT2D eigenvalue weighted by Gasteiger charge is -2.44. The molecular weight excluding hydrogens is 278 g/mol. The largest absolute Gasteiger partial charge is 0.310 e. The van der Waals surface area contributed by atoms with Gasteiger partial charge in [-0.3, -0.25) is 0 Å². The third kappa shape index (κ3) is 4.02. The van der Waals surface area contributed by atoms with E-state index in [-0.39, 0.29) is 0 Å². The second-order valence-corrected chi connectivity index (χ2v) is 7.69. The first-order valence-corrected chi connectivity index (χ1v) is 8.83. The van der Waals surface area contributed by atoms with Gasteiger partial charge in [0.25, 0.3) is 0 Å². The Labute approximate surface area is 135 Å². The minimum atomic E-state index is 0.404. The van der Waals surface area contributed by atoms with Gasteiger partial charge in [-0.05, 0) is 61.3 Å². The number of aryl methyl sites for hydroxylation is 1. The Morgan fingerprint density at radius 2 is 2.10 bits per heavy atom. The lowest BCUT2D eigenvalue weighted by atomic mass is 9.64. The van der Waals surface area contributed by atoms with Crippen LogP contribution in [0, 0.1) is 18.3 Å². The van der Waals surface area contributed by atoms with Gasteiger partial charge in [0.15, 0.2) is 0 Å². The van der Waals surface area contributed by atoms with Gasteiger partial charge in [0.1, 0.15) is 0 Å². The van der Waals surface area contributed by atoms with Crippen LogP contribution in [0.25, 0.3) is 0 Å². The van der Waals surface area contributed by atoms with E-state index in [2.05, 4.69) is 51.2 Å². The zero-order valence-electron chi connectivity index (χ0n) is 14.0. The third-order valence-electron chi connectivity index (χ3n) is 5.16. The third-order valence-corrected chi connectivity index (χ3v) is 5.57. The van der Waals surface area contributed by atoms with E-state index in [9.17, 15) is 0 Å². The lowest BCUT2D eigenvalue weighted by Crippen LogP contribution is -2.39. The first kappa shape index (κ1) is 16.8. The van der Waals surface area contributed by atoms with Crippen molar-refractivity contribution >= 4 is 11.6 Å². The van der Waals surface area contributed by atoms with Gasteiger partial charge in [0.05, 0.1) is 0 Å². The van der Waals surface area contributed by atoms with Crippen molar-refractivity contribution in [3.63, 3.8) is 0 Å². The summed E-state index contributed by atoms with van der Waals surface area (Å²) in [6, 6.07) is 7.03. The molecule has 2 atom stereocenters. The Kier molecular flexibility index (Phi) is 5.73. The second kappa shape index (κ2) is 7.15. The molecule has 1 nitrogen and oxygen atoms in total. The molecule has 1 aliphatic rings. The van der Waals surface area contributed by atoms with E-state index in [1.807, 2.05) is 0 Å². The van der Waals surface area contributed by atoms with Crippen LogP contribution in [0.1, 0.15) is 70.0 Å². The predicted octanol–water partition coefficient (Wildman–Crippen LogP) is 5.91. The molecule has 2 heteroatoms. The Morgan fingerprint density at radius 1 is 1.33 bits per heavy atom. The Hall–Kier alpha value is -0.530. The van der Waals surface area contributed by atoms with Crippen LogP contribution in [0.5, 0.6) is 0 Å². The summed E-state index contributed by atoms with van der Waals surface area (Å²) in [5.41, 5.74) is 2.93. The van der Waals surface area contributed by atoms with Crippen LogP contribution < -0.4 is 5.32 Å². The molecule has 0 bridgehead atoms. The summed E-state index contributed by atoms with van der Waals surface area (Å²) in [5.74, 6) is 0.691. The molecule has 118 valence electrons. The number of rotatable bonds is 5. The van der Waals surface area contributed by atoms with E-state index in [1.54, 1.807) is 0 Å². The fraction of sp³-hybridized carbons (Fsp3) is 0.684. The van der Waals surface area contributed by atoms with Gasteiger partial charge in [0, 0.05) is 11.1 Å². The highest BCUT2D eigenvalue weighted by Gasteiger charge is 2.37. The molecule has 1 aromatic rings. The SMILES string of the molecule is CCCNC(c1ccc(C)c(Cl)c1)C1CCCCC1(C)C. The Balaban J connectivity index is 2.30. The van der Waals surface area contributed by atoms with Gasteiger partial charge in [0.2, 0.25) is 0 Å². The van der Waals surface area contributed by atoms with Crippen molar-refractivity contribution in [1.82, 2.24) is 5.32 Å². The van der Waals surface area contributed by atoms with Gasteiger partial charge >= 0.3 is 0 Å². The topological polar surface area (TPSA) is 12.0 Å². The average Bonchev–Trinajstić information content (AvgIpc) is 2.44. The first-order chi connectivity index (χ1) is 9.95. The van der Waals surface area contributed by atoms with E-state index in [0.29, 0.717) is 17.4 Å². The summed E-state index contributed by atoms with van der Waals surface area (Å²) in [4.78, 5) is 0. The molecule has 2 unspecified atom stereocenters. The molecular formula is C19H30ClN. The van der Waals surface area contributed by atoms with Crippen LogP contribution in [0.15, 0.2) is 18.2 Å². The fourth-order valence-electron chi connectivity index (χ4n) is 3.73. The van der Waals surface area contributed by atoms with Crippen molar-refractivity contribution in [3.05, 3.63) is 34.3 Å². The number of nitrogens with one attached hydrogen (secondary N) is 1. The fourth-order valence-corrected chi connectivity index (χ4v) is 3.92. The smallest absolute Gasteiger partial charge is 0.0438 e. The minimum Gasteiger partial charge on any atom is -0.310 e. The van der Waals surface area contributed by atoms with Gasteiger partial charge < -0.3 is 5.32 Å². The molecule has 1 aromatic carbocycles. The van der Waals surface area contributed by atoms with Gasteiger partial charge in [-0.1, -0.05) is 57.3 Å². The van der Waals surface area contributed by atoms with E-state index in [4.69, 9.17) is 11.6 Å². The molecule has 21 heavy (non-hydrogen) atoms. The standard InChI is InChI=1S/C19H30ClN/c1-5-12-21-18(15-10-9-14(2)17(20)13-15)16-8-6-7-11-19(16,3)4/h9-10,13,16,18,21H,5-8,11-12H2,1-4H3. The lowest BCUT2D eigenvalue weighted by molar-refractivity contribution is 0.0982. The van der Waals surface area contributed by atoms with Gasteiger partial charge in [-0.2, -0.15) is 0 Å². The number of halogens is 1. The van der Waals surface area contributed by atoms with Crippen molar-refractivity contribution in [2.75, 3.05) is 6.54 Å². The Bertz CT molecular complexity index is 467. The number of hydrogen-bond donors (Lipinski definition) is 1. The molecule has 0 spiro atoms. The minimum absolute atomic E-state index is 0.404. The van der Waals surface area contributed by atoms with E-state index in [1.165, 1.54) is 37.7 Å². The van der Waals surface area contributed by atoms with Crippen LogP contribution in [0.3, 0.4) is 0 Å². The zero-order chi connectivity index (χ0) is 15.5. The average molecular weight is 308 g/mol. The summed E-state index contributed by atoms with van der Waals surface area (Å²) in [7, 11) is 0. The van der Waals surface area contributed by atoms with Crippen molar-refractivity contribution in [2.24, 2.45) is 11.3 Å².